The van der Waals surface area contributed by atoms with Crippen LogP contribution in [0.15, 0.2) is 85.0 Å². The first-order valence-corrected chi connectivity index (χ1v) is 14.4. The predicted octanol–water partition coefficient (Wildman–Crippen LogP) is 5.00. The molecule has 9 nitrogen and oxygen atoms in total. The Morgan fingerprint density at radius 2 is 1.95 bits per heavy atom. The van der Waals surface area contributed by atoms with Crippen molar-refractivity contribution >= 4 is 40.8 Å². The third kappa shape index (κ3) is 5.05. The number of ether oxygens (including phenoxy) is 1. The zero-order chi connectivity index (χ0) is 28.6. The molecule has 11 heteroatoms. The van der Waals surface area contributed by atoms with Gasteiger partial charge in [0.15, 0.2) is 4.80 Å². The molecular weight excluding hydrogens is 550 g/mol. The van der Waals surface area contributed by atoms with Gasteiger partial charge in [-0.1, -0.05) is 35.6 Å². The summed E-state index contributed by atoms with van der Waals surface area (Å²) in [6.45, 7) is 5.35. The van der Waals surface area contributed by atoms with Gasteiger partial charge >= 0.3 is 5.97 Å². The highest BCUT2D eigenvalue weighted by molar-refractivity contribution is 7.98. The van der Waals surface area contributed by atoms with E-state index in [0.29, 0.717) is 43.3 Å². The Bertz CT molecular complexity index is 1850. The molecule has 0 amide bonds. The molecule has 40 heavy (non-hydrogen) atoms. The van der Waals surface area contributed by atoms with E-state index in [1.807, 2.05) is 30.5 Å². The third-order valence-electron chi connectivity index (χ3n) is 6.54. The number of nitro groups is 1. The number of thiazole rings is 1. The second kappa shape index (κ2) is 11.1. The molecule has 204 valence electrons. The van der Waals surface area contributed by atoms with Crippen LogP contribution in [-0.2, 0) is 9.53 Å². The van der Waals surface area contributed by atoms with E-state index < -0.39 is 16.9 Å². The van der Waals surface area contributed by atoms with Gasteiger partial charge in [0.05, 0.1) is 33.4 Å². The molecule has 3 heterocycles. The fourth-order valence-corrected chi connectivity index (χ4v) is 6.00. The van der Waals surface area contributed by atoms with Gasteiger partial charge in [0.1, 0.15) is 11.5 Å². The van der Waals surface area contributed by atoms with Crippen molar-refractivity contribution in [1.82, 2.24) is 4.57 Å². The third-order valence-corrected chi connectivity index (χ3v) is 8.27. The number of carbonyl (C=O) groups excluding carboxylic acids is 1. The maximum absolute atomic E-state index is 13.8. The van der Waals surface area contributed by atoms with Crippen LogP contribution < -0.4 is 14.9 Å². The van der Waals surface area contributed by atoms with Crippen molar-refractivity contribution in [2.24, 2.45) is 4.99 Å². The van der Waals surface area contributed by atoms with Crippen molar-refractivity contribution in [3.05, 3.63) is 113 Å². The van der Waals surface area contributed by atoms with Gasteiger partial charge in [0.2, 0.25) is 0 Å². The molecule has 0 radical (unpaired) electrons. The molecule has 0 spiro atoms. The summed E-state index contributed by atoms with van der Waals surface area (Å²) >= 11 is 2.80. The van der Waals surface area contributed by atoms with Gasteiger partial charge in [-0.2, -0.15) is 0 Å². The Kier molecular flexibility index (Phi) is 7.59. The van der Waals surface area contributed by atoms with Crippen LogP contribution in [0.2, 0.25) is 0 Å². The number of carbonyl (C=O) groups is 1. The van der Waals surface area contributed by atoms with Gasteiger partial charge in [-0.3, -0.25) is 19.5 Å². The van der Waals surface area contributed by atoms with Crippen molar-refractivity contribution in [2.75, 3.05) is 12.9 Å². The SMILES string of the molecule is CCOC(=O)C1=C(C)N=c2s/c(=C\c3ccc(-c4ccc(C)c([N+](=O)[O-])c4)o3)c(=O)n2[C@H]1c1ccc(SC)cc1. The number of allylic oxidation sites excluding steroid dienone is 1. The van der Waals surface area contributed by atoms with Crippen LogP contribution in [0, 0.1) is 17.0 Å². The molecule has 2 aromatic carbocycles. The number of hydrogen-bond donors (Lipinski definition) is 0. The van der Waals surface area contributed by atoms with Crippen molar-refractivity contribution in [2.45, 2.75) is 31.7 Å². The summed E-state index contributed by atoms with van der Waals surface area (Å²) in [7, 11) is 0. The lowest BCUT2D eigenvalue weighted by Gasteiger charge is -2.24. The highest BCUT2D eigenvalue weighted by Gasteiger charge is 2.33. The molecule has 0 saturated carbocycles. The first-order valence-electron chi connectivity index (χ1n) is 12.4. The van der Waals surface area contributed by atoms with Crippen molar-refractivity contribution in [3.63, 3.8) is 0 Å². The van der Waals surface area contributed by atoms with Crippen molar-refractivity contribution < 1.29 is 18.9 Å². The predicted molar refractivity (Wildman–Crippen MR) is 154 cm³/mol. The Balaban J connectivity index is 1.61. The average molecular weight is 576 g/mol. The highest BCUT2D eigenvalue weighted by atomic mass is 32.2. The quantitative estimate of drug-likeness (QED) is 0.132. The van der Waals surface area contributed by atoms with Gasteiger partial charge in [0, 0.05) is 28.2 Å². The van der Waals surface area contributed by atoms with Gasteiger partial charge in [-0.25, -0.2) is 9.79 Å². The Morgan fingerprint density at radius 1 is 1.20 bits per heavy atom. The molecule has 2 aromatic heterocycles. The van der Waals surface area contributed by atoms with Gasteiger partial charge in [-0.15, -0.1) is 11.8 Å². The minimum Gasteiger partial charge on any atom is -0.463 e. The topological polar surface area (TPSA) is 117 Å². The maximum Gasteiger partial charge on any atom is 0.338 e. The lowest BCUT2D eigenvalue weighted by molar-refractivity contribution is -0.385. The minimum atomic E-state index is -0.700. The summed E-state index contributed by atoms with van der Waals surface area (Å²) in [5.74, 6) is 0.333. The van der Waals surface area contributed by atoms with Crippen LogP contribution in [0.4, 0.5) is 5.69 Å². The number of fused-ring (bicyclic) bond motifs is 1. The van der Waals surface area contributed by atoms with Crippen LogP contribution in [0.3, 0.4) is 0 Å². The zero-order valence-corrected chi connectivity index (χ0v) is 23.8. The van der Waals surface area contributed by atoms with Crippen molar-refractivity contribution in [1.29, 1.82) is 0 Å². The number of furan rings is 1. The van der Waals surface area contributed by atoms with E-state index in [9.17, 15) is 19.7 Å². The second-order valence-corrected chi connectivity index (χ2v) is 10.9. The molecule has 1 aliphatic rings. The second-order valence-electron chi connectivity index (χ2n) is 9.04. The molecule has 0 unspecified atom stereocenters. The van der Waals surface area contributed by atoms with E-state index in [0.717, 1.165) is 10.5 Å². The van der Waals surface area contributed by atoms with Gasteiger partial charge in [0.25, 0.3) is 11.2 Å². The fourth-order valence-electron chi connectivity index (χ4n) is 4.57. The molecule has 4 aromatic rings. The number of rotatable bonds is 7. The first kappa shape index (κ1) is 27.4. The molecule has 0 fully saturated rings. The molecule has 0 saturated heterocycles. The smallest absolute Gasteiger partial charge is 0.338 e. The number of benzene rings is 2. The number of nitro benzene ring substituents is 1. The molecule has 1 atom stereocenters. The molecule has 0 N–H and O–H groups in total. The largest absolute Gasteiger partial charge is 0.463 e. The van der Waals surface area contributed by atoms with E-state index in [2.05, 4.69) is 4.99 Å². The number of aromatic nitrogens is 1. The summed E-state index contributed by atoms with van der Waals surface area (Å²) in [6.07, 6.45) is 3.60. The van der Waals surface area contributed by atoms with Crippen molar-refractivity contribution in [3.8, 4) is 11.3 Å². The fraction of sp³-hybridized carbons (Fsp3) is 0.207. The standard InChI is InChI=1S/C29H25N3O6S2/c1-5-37-28(34)25-17(3)30-29-31(26(25)18-8-11-21(39-4)12-9-18)27(33)24(40-29)15-20-10-13-23(38-20)19-7-6-16(2)22(14-19)32(35)36/h6-15,26H,5H2,1-4H3/b24-15-/t26-/m0/s1. The summed E-state index contributed by atoms with van der Waals surface area (Å²) in [5, 5.41) is 11.4. The van der Waals surface area contributed by atoms with Gasteiger partial charge < -0.3 is 9.15 Å². The van der Waals surface area contributed by atoms with Crippen LogP contribution in [0.1, 0.15) is 36.8 Å². The molecular formula is C29H25N3O6S2. The Morgan fingerprint density at radius 3 is 2.62 bits per heavy atom. The minimum absolute atomic E-state index is 0.00194. The van der Waals surface area contributed by atoms with Crippen LogP contribution in [0.25, 0.3) is 17.4 Å². The molecule has 0 bridgehead atoms. The monoisotopic (exact) mass is 575 g/mol. The van der Waals surface area contributed by atoms with Gasteiger partial charge in [-0.05, 0) is 56.9 Å². The van der Waals surface area contributed by atoms with E-state index in [1.165, 1.54) is 22.0 Å². The normalized spacial score (nSPS) is 15.1. The first-order chi connectivity index (χ1) is 19.2. The summed E-state index contributed by atoms with van der Waals surface area (Å²) in [4.78, 5) is 43.9. The summed E-state index contributed by atoms with van der Waals surface area (Å²) in [5.41, 5.74) is 2.37. The number of hydrogen-bond acceptors (Lipinski definition) is 9. The zero-order valence-electron chi connectivity index (χ0n) is 22.2. The lowest BCUT2D eigenvalue weighted by atomic mass is 9.96. The number of nitrogens with zero attached hydrogens (tertiary/aromatic N) is 3. The summed E-state index contributed by atoms with van der Waals surface area (Å²) in [6, 6.07) is 15.3. The van der Waals surface area contributed by atoms with Crippen LogP contribution in [0.5, 0.6) is 0 Å². The average Bonchev–Trinajstić information content (AvgIpc) is 3.52. The Hall–Kier alpha value is -4.22. The molecule has 0 aliphatic carbocycles. The van der Waals surface area contributed by atoms with Crippen LogP contribution >= 0.6 is 23.1 Å². The summed E-state index contributed by atoms with van der Waals surface area (Å²) < 4.78 is 13.2. The lowest BCUT2D eigenvalue weighted by Crippen LogP contribution is -2.39. The molecule has 1 aliphatic heterocycles. The number of thioether (sulfide) groups is 1. The van der Waals surface area contributed by atoms with E-state index in [-0.39, 0.29) is 17.9 Å². The van der Waals surface area contributed by atoms with E-state index >= 15 is 0 Å². The maximum atomic E-state index is 13.8. The Labute approximate surface area is 237 Å². The molecule has 5 rings (SSSR count). The number of aryl methyl sites for hydroxylation is 1. The van der Waals surface area contributed by atoms with Crippen LogP contribution in [-0.4, -0.2) is 28.3 Å². The van der Waals surface area contributed by atoms with E-state index in [1.54, 1.807) is 62.9 Å². The van der Waals surface area contributed by atoms with E-state index in [4.69, 9.17) is 9.15 Å². The number of esters is 1. The highest BCUT2D eigenvalue weighted by Crippen LogP contribution is 2.32.